The molecule has 0 unspecified atom stereocenters. The fourth-order valence-corrected chi connectivity index (χ4v) is 2.37. The normalized spacial score (nSPS) is 10.8. The lowest BCUT2D eigenvalue weighted by Crippen LogP contribution is -2.14. The number of nitrogens with zero attached hydrogens (tertiary/aromatic N) is 2. The van der Waals surface area contributed by atoms with Gasteiger partial charge in [0.2, 0.25) is 0 Å². The molecule has 0 bridgehead atoms. The minimum atomic E-state index is -0.227. The number of benzene rings is 2. The average molecular weight is 280 g/mol. The SMILES string of the molecule is Cc1nn(C)cc1NC(=O)c1cc2ccccc2cc1N. The standard InChI is InChI=1S/C16H16N4O/c1-10-15(9-20(2)19-10)18-16(21)13-7-11-5-3-4-6-12(11)8-14(13)17/h3-9H,17H2,1-2H3,(H,18,21). The Hall–Kier alpha value is -2.82. The van der Waals surface area contributed by atoms with Crippen LogP contribution in [0.4, 0.5) is 11.4 Å². The first kappa shape index (κ1) is 13.2. The Balaban J connectivity index is 1.97. The minimum Gasteiger partial charge on any atom is -0.398 e. The van der Waals surface area contributed by atoms with Crippen LogP contribution in [0.2, 0.25) is 0 Å². The highest BCUT2D eigenvalue weighted by atomic mass is 16.1. The number of carbonyl (C=O) groups is 1. The van der Waals surface area contributed by atoms with Gasteiger partial charge in [-0.2, -0.15) is 5.10 Å². The van der Waals surface area contributed by atoms with Crippen LogP contribution in [0.25, 0.3) is 10.8 Å². The molecule has 1 heterocycles. The van der Waals surface area contributed by atoms with E-state index < -0.39 is 0 Å². The fraction of sp³-hybridized carbons (Fsp3) is 0.125. The maximum absolute atomic E-state index is 12.4. The number of aryl methyl sites for hydroxylation is 2. The molecule has 3 N–H and O–H groups in total. The molecule has 0 aliphatic carbocycles. The van der Waals surface area contributed by atoms with Crippen LogP contribution in [-0.2, 0) is 7.05 Å². The molecule has 5 heteroatoms. The minimum absolute atomic E-state index is 0.227. The Morgan fingerprint density at radius 1 is 1.24 bits per heavy atom. The summed E-state index contributed by atoms with van der Waals surface area (Å²) in [5.41, 5.74) is 8.40. The number of fused-ring (bicyclic) bond motifs is 1. The lowest BCUT2D eigenvalue weighted by Gasteiger charge is -2.08. The van der Waals surface area contributed by atoms with Crippen molar-refractivity contribution in [2.24, 2.45) is 7.05 Å². The van der Waals surface area contributed by atoms with E-state index >= 15 is 0 Å². The van der Waals surface area contributed by atoms with E-state index in [-0.39, 0.29) is 5.91 Å². The van der Waals surface area contributed by atoms with Gasteiger partial charge in [0.15, 0.2) is 0 Å². The summed E-state index contributed by atoms with van der Waals surface area (Å²) >= 11 is 0. The number of anilines is 2. The number of hydrogen-bond acceptors (Lipinski definition) is 3. The number of nitrogen functional groups attached to an aromatic ring is 1. The van der Waals surface area contributed by atoms with Gasteiger partial charge in [0.1, 0.15) is 0 Å². The van der Waals surface area contributed by atoms with Gasteiger partial charge in [-0.1, -0.05) is 24.3 Å². The van der Waals surface area contributed by atoms with Crippen molar-refractivity contribution in [1.29, 1.82) is 0 Å². The molecule has 3 rings (SSSR count). The zero-order valence-electron chi connectivity index (χ0n) is 11.9. The van der Waals surface area contributed by atoms with Crippen LogP contribution in [0, 0.1) is 6.92 Å². The van der Waals surface area contributed by atoms with Crippen LogP contribution in [0.1, 0.15) is 16.1 Å². The maximum Gasteiger partial charge on any atom is 0.257 e. The molecule has 106 valence electrons. The lowest BCUT2D eigenvalue weighted by atomic mass is 10.0. The van der Waals surface area contributed by atoms with E-state index in [9.17, 15) is 4.79 Å². The lowest BCUT2D eigenvalue weighted by molar-refractivity contribution is 0.102. The molecule has 0 saturated heterocycles. The van der Waals surface area contributed by atoms with Gasteiger partial charge >= 0.3 is 0 Å². The fourth-order valence-electron chi connectivity index (χ4n) is 2.37. The number of nitrogens with one attached hydrogen (secondary N) is 1. The van der Waals surface area contributed by atoms with Crippen LogP contribution in [-0.4, -0.2) is 15.7 Å². The largest absolute Gasteiger partial charge is 0.398 e. The van der Waals surface area contributed by atoms with E-state index in [4.69, 9.17) is 5.73 Å². The molecule has 2 aromatic carbocycles. The Labute approximate surface area is 122 Å². The second-order valence-electron chi connectivity index (χ2n) is 5.04. The van der Waals surface area contributed by atoms with Crippen LogP contribution in [0.5, 0.6) is 0 Å². The summed E-state index contributed by atoms with van der Waals surface area (Å²) in [6, 6.07) is 11.4. The molecule has 1 amide bonds. The zero-order chi connectivity index (χ0) is 15.0. The van der Waals surface area contributed by atoms with E-state index in [0.29, 0.717) is 16.9 Å². The van der Waals surface area contributed by atoms with Crippen molar-refractivity contribution in [1.82, 2.24) is 9.78 Å². The summed E-state index contributed by atoms with van der Waals surface area (Å²) in [6.07, 6.45) is 1.77. The highest BCUT2D eigenvalue weighted by Gasteiger charge is 2.13. The number of rotatable bonds is 2. The van der Waals surface area contributed by atoms with E-state index in [1.54, 1.807) is 10.9 Å². The first-order valence-corrected chi connectivity index (χ1v) is 6.64. The van der Waals surface area contributed by atoms with Gasteiger partial charge in [-0.05, 0) is 29.8 Å². The van der Waals surface area contributed by atoms with Gasteiger partial charge in [-0.3, -0.25) is 9.48 Å². The molecule has 0 aliphatic rings. The summed E-state index contributed by atoms with van der Waals surface area (Å²) in [4.78, 5) is 12.4. The van der Waals surface area contributed by atoms with Crippen molar-refractivity contribution >= 4 is 28.1 Å². The predicted octanol–water partition coefficient (Wildman–Crippen LogP) is 2.72. The summed E-state index contributed by atoms with van der Waals surface area (Å²) in [6.45, 7) is 1.85. The Kier molecular flexibility index (Phi) is 3.10. The number of hydrogen-bond donors (Lipinski definition) is 2. The predicted molar refractivity (Wildman–Crippen MR) is 84.3 cm³/mol. The summed E-state index contributed by atoms with van der Waals surface area (Å²) in [7, 11) is 1.81. The quantitative estimate of drug-likeness (QED) is 0.709. The summed E-state index contributed by atoms with van der Waals surface area (Å²) in [5, 5.41) is 9.06. The van der Waals surface area contributed by atoms with E-state index in [1.807, 2.05) is 50.4 Å². The highest BCUT2D eigenvalue weighted by Crippen LogP contribution is 2.23. The summed E-state index contributed by atoms with van der Waals surface area (Å²) in [5.74, 6) is -0.227. The molecule has 0 spiro atoms. The third-order valence-corrected chi connectivity index (χ3v) is 3.42. The summed E-state index contributed by atoms with van der Waals surface area (Å²) < 4.78 is 1.66. The molecule has 0 fully saturated rings. The van der Waals surface area contributed by atoms with E-state index in [1.165, 1.54) is 0 Å². The molecular weight excluding hydrogens is 264 g/mol. The second-order valence-corrected chi connectivity index (χ2v) is 5.04. The average Bonchev–Trinajstić information content (AvgIpc) is 2.76. The first-order valence-electron chi connectivity index (χ1n) is 6.64. The molecule has 1 aromatic heterocycles. The first-order chi connectivity index (χ1) is 10.0. The van der Waals surface area contributed by atoms with Gasteiger partial charge in [0, 0.05) is 18.9 Å². The Morgan fingerprint density at radius 3 is 2.52 bits per heavy atom. The van der Waals surface area contributed by atoms with E-state index in [2.05, 4.69) is 10.4 Å². The van der Waals surface area contributed by atoms with Crippen molar-refractivity contribution in [3.05, 3.63) is 53.9 Å². The van der Waals surface area contributed by atoms with E-state index in [0.717, 1.165) is 16.5 Å². The Bertz CT molecular complexity index is 835. The molecule has 21 heavy (non-hydrogen) atoms. The molecule has 5 nitrogen and oxygen atoms in total. The topological polar surface area (TPSA) is 72.9 Å². The van der Waals surface area contributed by atoms with Crippen molar-refractivity contribution in [3.8, 4) is 0 Å². The molecule has 0 saturated carbocycles. The number of amides is 1. The highest BCUT2D eigenvalue weighted by molar-refractivity contribution is 6.10. The maximum atomic E-state index is 12.4. The van der Waals surface area contributed by atoms with Crippen molar-refractivity contribution in [3.63, 3.8) is 0 Å². The van der Waals surface area contributed by atoms with Crippen LogP contribution in [0.3, 0.4) is 0 Å². The smallest absolute Gasteiger partial charge is 0.257 e. The van der Waals surface area contributed by atoms with Crippen molar-refractivity contribution in [2.45, 2.75) is 6.92 Å². The monoisotopic (exact) mass is 280 g/mol. The van der Waals surface area contributed by atoms with Crippen LogP contribution >= 0.6 is 0 Å². The molecule has 0 radical (unpaired) electrons. The zero-order valence-corrected chi connectivity index (χ0v) is 11.9. The molecule has 3 aromatic rings. The van der Waals surface area contributed by atoms with Crippen molar-refractivity contribution < 1.29 is 4.79 Å². The molecular formula is C16H16N4O. The number of carbonyl (C=O) groups excluding carboxylic acids is 1. The molecule has 0 aliphatic heterocycles. The number of aromatic nitrogens is 2. The second kappa shape index (κ2) is 4.94. The van der Waals surface area contributed by atoms with Crippen molar-refractivity contribution in [2.75, 3.05) is 11.1 Å². The number of nitrogens with two attached hydrogens (primary N) is 1. The van der Waals surface area contributed by atoms with Gasteiger partial charge in [-0.15, -0.1) is 0 Å². The van der Waals surface area contributed by atoms with Crippen LogP contribution in [0.15, 0.2) is 42.6 Å². The van der Waals surface area contributed by atoms with Gasteiger partial charge in [-0.25, -0.2) is 0 Å². The van der Waals surface area contributed by atoms with Gasteiger partial charge in [0.05, 0.1) is 16.9 Å². The van der Waals surface area contributed by atoms with Gasteiger partial charge < -0.3 is 11.1 Å². The Morgan fingerprint density at radius 2 is 1.90 bits per heavy atom. The van der Waals surface area contributed by atoms with Crippen LogP contribution < -0.4 is 11.1 Å². The third kappa shape index (κ3) is 2.45. The third-order valence-electron chi connectivity index (χ3n) is 3.42. The molecule has 0 atom stereocenters. The van der Waals surface area contributed by atoms with Gasteiger partial charge in [0.25, 0.3) is 5.91 Å².